The molecule has 1 atom stereocenters. The van der Waals surface area contributed by atoms with Gasteiger partial charge in [-0.3, -0.25) is 0 Å². The molecule has 7 heteroatoms. The van der Waals surface area contributed by atoms with Crippen molar-refractivity contribution in [3.05, 3.63) is 23.7 Å². The third kappa shape index (κ3) is 2.15. The van der Waals surface area contributed by atoms with Crippen LogP contribution in [0.25, 0.3) is 11.7 Å². The molecular weight excluding hydrogens is 238 g/mol. The maximum Gasteiger partial charge on any atom is 0.293 e. The van der Waals surface area contributed by atoms with E-state index in [0.717, 1.165) is 0 Å². The van der Waals surface area contributed by atoms with Gasteiger partial charge in [-0.15, -0.1) is 0 Å². The molecule has 0 aliphatic carbocycles. The normalized spacial score (nSPS) is 20.2. The van der Waals surface area contributed by atoms with Crippen molar-refractivity contribution in [1.82, 2.24) is 10.1 Å². The van der Waals surface area contributed by atoms with Gasteiger partial charge in [-0.05, 0) is 12.1 Å². The average molecular weight is 251 g/mol. The van der Waals surface area contributed by atoms with Gasteiger partial charge in [0.25, 0.3) is 5.89 Å². The van der Waals surface area contributed by atoms with E-state index in [1.165, 1.54) is 0 Å². The van der Waals surface area contributed by atoms with Crippen LogP contribution in [0.15, 0.2) is 21.1 Å². The third-order valence-electron chi connectivity index (χ3n) is 2.62. The second-order valence-electron chi connectivity index (χ2n) is 3.86. The van der Waals surface area contributed by atoms with Crippen molar-refractivity contribution in [2.45, 2.75) is 12.6 Å². The van der Waals surface area contributed by atoms with E-state index in [0.29, 0.717) is 49.6 Å². The van der Waals surface area contributed by atoms with E-state index < -0.39 is 0 Å². The predicted octanol–water partition coefficient (Wildman–Crippen LogP) is 0.876. The molecule has 1 fully saturated rings. The van der Waals surface area contributed by atoms with E-state index in [1.54, 1.807) is 12.1 Å². The van der Waals surface area contributed by atoms with Crippen LogP contribution >= 0.6 is 0 Å². The van der Waals surface area contributed by atoms with Crippen molar-refractivity contribution in [2.24, 2.45) is 5.73 Å². The summed E-state index contributed by atoms with van der Waals surface area (Å²) in [5, 5.41) is 3.87. The van der Waals surface area contributed by atoms with Crippen LogP contribution in [0.1, 0.15) is 17.7 Å². The molecule has 18 heavy (non-hydrogen) atoms. The smallest absolute Gasteiger partial charge is 0.293 e. The molecule has 7 nitrogen and oxygen atoms in total. The summed E-state index contributed by atoms with van der Waals surface area (Å²) in [6, 6.07) is 3.52. The van der Waals surface area contributed by atoms with Gasteiger partial charge in [0.1, 0.15) is 11.9 Å². The summed E-state index contributed by atoms with van der Waals surface area (Å²) in [6.45, 7) is 1.90. The van der Waals surface area contributed by atoms with Gasteiger partial charge in [0.2, 0.25) is 5.82 Å². The molecular formula is C11H13N3O4. The highest BCUT2D eigenvalue weighted by atomic mass is 16.6. The molecule has 1 aliphatic heterocycles. The molecule has 0 aromatic carbocycles. The van der Waals surface area contributed by atoms with Crippen LogP contribution in [-0.4, -0.2) is 30.0 Å². The molecule has 3 rings (SSSR count). The molecule has 1 aliphatic rings. The summed E-state index contributed by atoms with van der Waals surface area (Å²) in [7, 11) is 0. The van der Waals surface area contributed by atoms with Gasteiger partial charge >= 0.3 is 0 Å². The van der Waals surface area contributed by atoms with Crippen molar-refractivity contribution in [3.8, 4) is 11.7 Å². The molecule has 2 aromatic heterocycles. The molecule has 0 spiro atoms. The second-order valence-corrected chi connectivity index (χ2v) is 3.86. The van der Waals surface area contributed by atoms with Gasteiger partial charge in [-0.1, -0.05) is 5.16 Å². The largest absolute Gasteiger partial charge is 0.455 e. The minimum absolute atomic E-state index is 0.278. The Hall–Kier alpha value is -1.70. The fourth-order valence-corrected chi connectivity index (χ4v) is 1.71. The Morgan fingerprint density at radius 3 is 3.00 bits per heavy atom. The highest BCUT2D eigenvalue weighted by molar-refractivity contribution is 5.44. The summed E-state index contributed by atoms with van der Waals surface area (Å²) < 4.78 is 21.3. The number of ether oxygens (including phenoxy) is 2. The van der Waals surface area contributed by atoms with E-state index in [-0.39, 0.29) is 6.10 Å². The lowest BCUT2D eigenvalue weighted by atomic mass is 10.3. The van der Waals surface area contributed by atoms with E-state index in [1.807, 2.05) is 0 Å². The molecule has 0 saturated carbocycles. The molecule has 0 amide bonds. The van der Waals surface area contributed by atoms with Crippen molar-refractivity contribution < 1.29 is 18.4 Å². The molecule has 1 unspecified atom stereocenters. The molecule has 0 radical (unpaired) electrons. The zero-order chi connectivity index (χ0) is 12.4. The Morgan fingerprint density at radius 1 is 1.33 bits per heavy atom. The lowest BCUT2D eigenvalue weighted by Gasteiger charge is -2.19. The monoisotopic (exact) mass is 251 g/mol. The minimum atomic E-state index is -0.278. The third-order valence-corrected chi connectivity index (χ3v) is 2.62. The second kappa shape index (κ2) is 4.89. The van der Waals surface area contributed by atoms with Crippen molar-refractivity contribution >= 4 is 0 Å². The molecule has 2 aromatic rings. The fourth-order valence-electron chi connectivity index (χ4n) is 1.71. The van der Waals surface area contributed by atoms with E-state index >= 15 is 0 Å². The number of nitrogens with zero attached hydrogens (tertiary/aromatic N) is 2. The highest BCUT2D eigenvalue weighted by Crippen LogP contribution is 2.24. The Balaban J connectivity index is 1.79. The van der Waals surface area contributed by atoms with Crippen LogP contribution in [0, 0.1) is 0 Å². The van der Waals surface area contributed by atoms with Crippen molar-refractivity contribution in [3.63, 3.8) is 0 Å². The van der Waals surface area contributed by atoms with E-state index in [4.69, 9.17) is 24.1 Å². The van der Waals surface area contributed by atoms with E-state index in [9.17, 15) is 0 Å². The van der Waals surface area contributed by atoms with Crippen LogP contribution in [0.4, 0.5) is 0 Å². The van der Waals surface area contributed by atoms with Crippen molar-refractivity contribution in [1.29, 1.82) is 0 Å². The maximum absolute atomic E-state index is 5.48. The molecule has 2 N–H and O–H groups in total. The fraction of sp³-hybridized carbons (Fsp3) is 0.455. The summed E-state index contributed by atoms with van der Waals surface area (Å²) >= 11 is 0. The average Bonchev–Trinajstić information content (AvgIpc) is 3.08. The first-order valence-corrected chi connectivity index (χ1v) is 5.69. The van der Waals surface area contributed by atoms with E-state index in [2.05, 4.69) is 10.1 Å². The predicted molar refractivity (Wildman–Crippen MR) is 59.4 cm³/mol. The zero-order valence-electron chi connectivity index (χ0n) is 9.67. The first-order valence-electron chi connectivity index (χ1n) is 5.69. The number of nitrogens with two attached hydrogens (primary N) is 1. The van der Waals surface area contributed by atoms with Gasteiger partial charge in [0.15, 0.2) is 5.76 Å². The lowest BCUT2D eigenvalue weighted by molar-refractivity contribution is -0.0941. The van der Waals surface area contributed by atoms with Crippen LogP contribution < -0.4 is 5.73 Å². The number of hydrogen-bond acceptors (Lipinski definition) is 7. The number of rotatable bonds is 3. The van der Waals surface area contributed by atoms with Crippen LogP contribution in [-0.2, 0) is 16.0 Å². The number of aromatic nitrogens is 2. The maximum atomic E-state index is 5.48. The Bertz CT molecular complexity index is 516. The summed E-state index contributed by atoms with van der Waals surface area (Å²) in [6.07, 6.45) is -0.278. The first kappa shape index (κ1) is 11.4. The minimum Gasteiger partial charge on any atom is -0.455 e. The summed E-state index contributed by atoms with van der Waals surface area (Å²) in [5.41, 5.74) is 5.47. The van der Waals surface area contributed by atoms with Gasteiger partial charge in [0.05, 0.1) is 26.4 Å². The number of furan rings is 1. The Kier molecular flexibility index (Phi) is 3.09. The summed E-state index contributed by atoms with van der Waals surface area (Å²) in [4.78, 5) is 4.23. The molecule has 3 heterocycles. The molecule has 96 valence electrons. The first-order chi connectivity index (χ1) is 8.86. The van der Waals surface area contributed by atoms with Gasteiger partial charge < -0.3 is 24.1 Å². The van der Waals surface area contributed by atoms with Crippen LogP contribution in [0.2, 0.25) is 0 Å². The number of hydrogen-bond donors (Lipinski definition) is 1. The van der Waals surface area contributed by atoms with Crippen molar-refractivity contribution in [2.75, 3.05) is 19.8 Å². The van der Waals surface area contributed by atoms with Gasteiger partial charge in [0, 0.05) is 0 Å². The molecule has 1 saturated heterocycles. The van der Waals surface area contributed by atoms with Crippen LogP contribution in [0.3, 0.4) is 0 Å². The Morgan fingerprint density at radius 2 is 2.28 bits per heavy atom. The Labute approximate surface area is 103 Å². The SMILES string of the molecule is NCc1ccc(-c2nc(C3COCCO3)no2)o1. The molecule has 0 bridgehead atoms. The van der Waals surface area contributed by atoms with Gasteiger partial charge in [-0.2, -0.15) is 4.98 Å². The summed E-state index contributed by atoms with van der Waals surface area (Å²) in [5.74, 6) is 1.96. The topological polar surface area (TPSA) is 96.5 Å². The highest BCUT2D eigenvalue weighted by Gasteiger charge is 2.23. The standard InChI is InChI=1S/C11H13N3O4/c12-5-7-1-2-8(17-7)11-13-10(14-18-11)9-6-15-3-4-16-9/h1-2,9H,3-6,12H2. The lowest BCUT2D eigenvalue weighted by Crippen LogP contribution is -2.22. The van der Waals surface area contributed by atoms with Gasteiger partial charge in [-0.25, -0.2) is 0 Å². The van der Waals surface area contributed by atoms with Crippen LogP contribution in [0.5, 0.6) is 0 Å². The zero-order valence-corrected chi connectivity index (χ0v) is 9.67. The quantitative estimate of drug-likeness (QED) is 0.864.